The summed E-state index contributed by atoms with van der Waals surface area (Å²) in [5, 5.41) is 2.57. The van der Waals surface area contributed by atoms with E-state index < -0.39 is 28.5 Å². The van der Waals surface area contributed by atoms with Gasteiger partial charge in [-0.3, -0.25) is 9.52 Å². The van der Waals surface area contributed by atoms with Crippen molar-refractivity contribution in [2.45, 2.75) is 11.8 Å². The molecule has 0 aliphatic rings. The largest absolute Gasteiger partial charge is 0.452 e. The van der Waals surface area contributed by atoms with E-state index in [-0.39, 0.29) is 16.3 Å². The Balaban J connectivity index is 1.17. The van der Waals surface area contributed by atoms with Crippen molar-refractivity contribution in [3.63, 3.8) is 0 Å². The van der Waals surface area contributed by atoms with Gasteiger partial charge >= 0.3 is 5.97 Å². The first kappa shape index (κ1) is 25.6. The fourth-order valence-corrected chi connectivity index (χ4v) is 4.74. The van der Waals surface area contributed by atoms with Crippen LogP contribution in [0.25, 0.3) is 22.4 Å². The van der Waals surface area contributed by atoms with E-state index in [1.165, 1.54) is 36.5 Å². The molecule has 0 unspecified atom stereocenters. The van der Waals surface area contributed by atoms with Crippen molar-refractivity contribution in [2.75, 3.05) is 16.6 Å². The summed E-state index contributed by atoms with van der Waals surface area (Å²) in [6, 6.07) is 23.3. The number of pyridine rings is 1. The van der Waals surface area contributed by atoms with Crippen molar-refractivity contribution >= 4 is 44.4 Å². The number of hydrogen-bond donors (Lipinski definition) is 3. The molecule has 0 radical (unpaired) electrons. The summed E-state index contributed by atoms with van der Waals surface area (Å²) in [5.41, 5.74) is 4.04. The second-order valence-corrected chi connectivity index (χ2v) is 10.3. The van der Waals surface area contributed by atoms with Gasteiger partial charge in [0.2, 0.25) is 0 Å². The van der Waals surface area contributed by atoms with Crippen LogP contribution in [0.1, 0.15) is 15.9 Å². The quantitative estimate of drug-likeness (QED) is 0.245. The number of esters is 1. The smallest absolute Gasteiger partial charge is 0.338 e. The molecule has 0 saturated carbocycles. The van der Waals surface area contributed by atoms with E-state index in [0.717, 1.165) is 11.1 Å². The molecular weight excluding hydrogens is 518 g/mol. The lowest BCUT2D eigenvalue weighted by molar-refractivity contribution is -0.119. The number of aromatic amines is 1. The SMILES string of the molecule is Cc1ccc(-c2nc3ccc(C(=O)OCC(=O)Nc4ccc(S(=O)(=O)Nc5ccccn5)cc4)cc3[nH]2)cc1. The Hall–Kier alpha value is -5.03. The number of nitrogens with one attached hydrogen (secondary N) is 3. The molecule has 0 fully saturated rings. The van der Waals surface area contributed by atoms with E-state index in [9.17, 15) is 18.0 Å². The van der Waals surface area contributed by atoms with Crippen molar-refractivity contribution in [1.29, 1.82) is 0 Å². The Labute approximate surface area is 224 Å². The van der Waals surface area contributed by atoms with Crippen LogP contribution in [0.2, 0.25) is 0 Å². The summed E-state index contributed by atoms with van der Waals surface area (Å²) in [7, 11) is -3.84. The van der Waals surface area contributed by atoms with E-state index >= 15 is 0 Å². The molecule has 196 valence electrons. The summed E-state index contributed by atoms with van der Waals surface area (Å²) in [6.45, 7) is 1.49. The van der Waals surface area contributed by atoms with Crippen molar-refractivity contribution in [3.05, 3.63) is 102 Å². The van der Waals surface area contributed by atoms with Gasteiger partial charge in [0.25, 0.3) is 15.9 Å². The molecule has 0 spiro atoms. The number of aryl methyl sites for hydroxylation is 1. The number of imidazole rings is 1. The molecule has 5 rings (SSSR count). The number of carbonyl (C=O) groups excluding carboxylic acids is 2. The number of aromatic nitrogens is 3. The highest BCUT2D eigenvalue weighted by Gasteiger charge is 2.16. The number of fused-ring (bicyclic) bond motifs is 1. The maximum Gasteiger partial charge on any atom is 0.338 e. The number of carbonyl (C=O) groups is 2. The Morgan fingerprint density at radius 2 is 1.72 bits per heavy atom. The predicted octanol–water partition coefficient (Wildman–Crippen LogP) is 4.53. The lowest BCUT2D eigenvalue weighted by Crippen LogP contribution is -2.21. The van der Waals surface area contributed by atoms with Crippen LogP contribution in [-0.4, -0.2) is 41.9 Å². The molecule has 0 aliphatic heterocycles. The van der Waals surface area contributed by atoms with Gasteiger partial charge in [0.05, 0.1) is 21.5 Å². The van der Waals surface area contributed by atoms with Crippen molar-refractivity contribution in [1.82, 2.24) is 15.0 Å². The fraction of sp³-hybridized carbons (Fsp3) is 0.0714. The van der Waals surface area contributed by atoms with Gasteiger partial charge in [0.15, 0.2) is 6.61 Å². The lowest BCUT2D eigenvalue weighted by Gasteiger charge is -2.09. The molecule has 0 atom stereocenters. The second kappa shape index (κ2) is 10.8. The minimum Gasteiger partial charge on any atom is -0.452 e. The third-order valence-electron chi connectivity index (χ3n) is 5.73. The van der Waals surface area contributed by atoms with Crippen LogP contribution >= 0.6 is 0 Å². The van der Waals surface area contributed by atoms with Crippen LogP contribution in [0.15, 0.2) is 96.0 Å². The first-order chi connectivity index (χ1) is 18.8. The van der Waals surface area contributed by atoms with Gasteiger partial charge < -0.3 is 15.0 Å². The molecule has 10 nitrogen and oxygen atoms in total. The average molecular weight is 542 g/mol. The number of nitrogens with zero attached hydrogens (tertiary/aromatic N) is 2. The number of rotatable bonds is 8. The molecule has 2 heterocycles. The Morgan fingerprint density at radius 1 is 0.949 bits per heavy atom. The van der Waals surface area contributed by atoms with E-state index in [1.807, 2.05) is 31.2 Å². The average Bonchev–Trinajstić information content (AvgIpc) is 3.36. The van der Waals surface area contributed by atoms with Gasteiger partial charge in [-0.1, -0.05) is 35.9 Å². The van der Waals surface area contributed by atoms with Gasteiger partial charge in [0, 0.05) is 17.4 Å². The summed E-state index contributed by atoms with van der Waals surface area (Å²) in [4.78, 5) is 36.6. The second-order valence-electron chi connectivity index (χ2n) is 8.65. The van der Waals surface area contributed by atoms with Crippen LogP contribution in [0.4, 0.5) is 11.5 Å². The highest BCUT2D eigenvalue weighted by atomic mass is 32.2. The molecule has 3 N–H and O–H groups in total. The van der Waals surface area contributed by atoms with Crippen LogP contribution in [0, 0.1) is 6.92 Å². The summed E-state index contributed by atoms with van der Waals surface area (Å²) in [5.74, 6) is -0.369. The van der Waals surface area contributed by atoms with E-state index in [1.54, 1.807) is 30.3 Å². The highest BCUT2D eigenvalue weighted by Crippen LogP contribution is 2.22. The topological polar surface area (TPSA) is 143 Å². The first-order valence-electron chi connectivity index (χ1n) is 11.8. The van der Waals surface area contributed by atoms with Gasteiger partial charge in [-0.2, -0.15) is 0 Å². The molecule has 3 aromatic carbocycles. The molecule has 39 heavy (non-hydrogen) atoms. The number of H-pyrrole nitrogens is 1. The maximum atomic E-state index is 12.5. The third kappa shape index (κ3) is 6.11. The monoisotopic (exact) mass is 541 g/mol. The molecular formula is C28H23N5O5S. The lowest BCUT2D eigenvalue weighted by atomic mass is 10.1. The van der Waals surface area contributed by atoms with Crippen molar-refractivity contribution < 1.29 is 22.7 Å². The van der Waals surface area contributed by atoms with Crippen LogP contribution in [0.3, 0.4) is 0 Å². The third-order valence-corrected chi connectivity index (χ3v) is 7.10. The number of anilines is 2. The standard InChI is InChI=1S/C28H23N5O5S/c1-18-5-7-19(8-6-18)27-31-23-14-9-20(16-24(23)32-27)28(35)38-17-26(34)30-21-10-12-22(13-11-21)39(36,37)33-25-4-2-3-15-29-25/h2-16H,17H2,1H3,(H,29,33)(H,30,34)(H,31,32). The van der Waals surface area contributed by atoms with Gasteiger partial charge in [-0.25, -0.2) is 23.2 Å². The number of ether oxygens (including phenoxy) is 1. The van der Waals surface area contributed by atoms with Crippen LogP contribution in [0.5, 0.6) is 0 Å². The zero-order valence-electron chi connectivity index (χ0n) is 20.7. The number of sulfonamides is 1. The first-order valence-corrected chi connectivity index (χ1v) is 13.3. The van der Waals surface area contributed by atoms with Crippen molar-refractivity contribution in [3.8, 4) is 11.4 Å². The van der Waals surface area contributed by atoms with Gasteiger partial charge in [-0.05, 0) is 61.5 Å². The van der Waals surface area contributed by atoms with Gasteiger partial charge in [0.1, 0.15) is 11.6 Å². The van der Waals surface area contributed by atoms with Crippen LogP contribution < -0.4 is 10.0 Å². The maximum absolute atomic E-state index is 12.5. The molecule has 0 saturated heterocycles. The Bertz CT molecular complexity index is 1750. The number of amides is 1. The summed E-state index contributed by atoms with van der Waals surface area (Å²) in [6.07, 6.45) is 1.47. The molecule has 5 aromatic rings. The van der Waals surface area contributed by atoms with Crippen molar-refractivity contribution in [2.24, 2.45) is 0 Å². The normalized spacial score (nSPS) is 11.2. The zero-order valence-corrected chi connectivity index (χ0v) is 21.5. The predicted molar refractivity (Wildman–Crippen MR) is 147 cm³/mol. The molecule has 1 amide bonds. The van der Waals surface area contributed by atoms with E-state index in [0.29, 0.717) is 22.5 Å². The number of benzene rings is 3. The molecule has 0 aliphatic carbocycles. The fourth-order valence-electron chi connectivity index (χ4n) is 3.73. The highest BCUT2D eigenvalue weighted by molar-refractivity contribution is 7.92. The Morgan fingerprint density at radius 3 is 2.44 bits per heavy atom. The minimum atomic E-state index is -3.84. The van der Waals surface area contributed by atoms with Crippen LogP contribution in [-0.2, 0) is 19.6 Å². The Kier molecular flexibility index (Phi) is 7.06. The van der Waals surface area contributed by atoms with E-state index in [4.69, 9.17) is 4.74 Å². The minimum absolute atomic E-state index is 0.00249. The van der Waals surface area contributed by atoms with Gasteiger partial charge in [-0.15, -0.1) is 0 Å². The molecule has 0 bridgehead atoms. The molecule has 11 heteroatoms. The number of hydrogen-bond acceptors (Lipinski definition) is 7. The van der Waals surface area contributed by atoms with E-state index in [2.05, 4.69) is 25.0 Å². The summed E-state index contributed by atoms with van der Waals surface area (Å²) >= 11 is 0. The molecule has 2 aromatic heterocycles. The summed E-state index contributed by atoms with van der Waals surface area (Å²) < 4.78 is 32.6. The zero-order chi connectivity index (χ0) is 27.4.